The second-order valence-electron chi connectivity index (χ2n) is 11.7. The van der Waals surface area contributed by atoms with Gasteiger partial charge in [0.2, 0.25) is 5.91 Å². The molecule has 0 aliphatic carbocycles. The number of benzene rings is 2. The van der Waals surface area contributed by atoms with Crippen molar-refractivity contribution < 1.29 is 19.1 Å². The van der Waals surface area contributed by atoms with E-state index in [0.717, 1.165) is 41.5 Å². The summed E-state index contributed by atoms with van der Waals surface area (Å²) in [4.78, 5) is 42.6. The normalized spacial score (nSPS) is 13.0. The largest absolute Gasteiger partial charge is 0.444 e. The predicted octanol–water partition coefficient (Wildman–Crippen LogP) is 6.86. The number of anilines is 1. The van der Waals surface area contributed by atoms with Crippen LogP contribution in [0.1, 0.15) is 89.1 Å². The molecule has 7 nitrogen and oxygen atoms in total. The molecule has 3 amide bonds. The van der Waals surface area contributed by atoms with Crippen LogP contribution in [0.3, 0.4) is 0 Å². The molecule has 7 heteroatoms. The van der Waals surface area contributed by atoms with Gasteiger partial charge in [-0.25, -0.2) is 4.79 Å². The van der Waals surface area contributed by atoms with E-state index < -0.39 is 23.8 Å². The molecule has 0 aliphatic heterocycles. The Hall–Kier alpha value is -3.35. The lowest BCUT2D eigenvalue weighted by atomic mass is 9.96. The molecule has 0 saturated carbocycles. The Morgan fingerprint density at radius 2 is 1.59 bits per heavy atom. The molecule has 0 spiro atoms. The topological polar surface area (TPSA) is 87.7 Å². The van der Waals surface area contributed by atoms with E-state index in [-0.39, 0.29) is 17.7 Å². The van der Waals surface area contributed by atoms with Gasteiger partial charge >= 0.3 is 6.09 Å². The van der Waals surface area contributed by atoms with E-state index >= 15 is 0 Å². The number of nitrogens with zero attached hydrogens (tertiary/aromatic N) is 1. The molecule has 2 unspecified atom stereocenters. The van der Waals surface area contributed by atoms with Crippen LogP contribution < -0.4 is 10.6 Å². The highest BCUT2D eigenvalue weighted by atomic mass is 16.6. The first-order valence-corrected chi connectivity index (χ1v) is 14.0. The van der Waals surface area contributed by atoms with Crippen LogP contribution in [-0.2, 0) is 14.3 Å². The number of hydrogen-bond acceptors (Lipinski definition) is 4. The van der Waals surface area contributed by atoms with Gasteiger partial charge in [0.25, 0.3) is 5.91 Å². The molecule has 0 bridgehead atoms. The van der Waals surface area contributed by atoms with Crippen LogP contribution in [0.2, 0.25) is 0 Å². The summed E-state index contributed by atoms with van der Waals surface area (Å²) in [5.41, 5.74) is 3.80. The van der Waals surface area contributed by atoms with Gasteiger partial charge < -0.3 is 20.3 Å². The van der Waals surface area contributed by atoms with Gasteiger partial charge in [-0.05, 0) is 82.2 Å². The second-order valence-corrected chi connectivity index (χ2v) is 11.7. The molecule has 0 radical (unpaired) electrons. The highest BCUT2D eigenvalue weighted by Crippen LogP contribution is 2.28. The van der Waals surface area contributed by atoms with Crippen LogP contribution in [0.15, 0.2) is 42.5 Å². The highest BCUT2D eigenvalue weighted by molar-refractivity contribution is 5.99. The van der Waals surface area contributed by atoms with Crippen LogP contribution in [0.25, 0.3) is 0 Å². The first kappa shape index (κ1) is 31.9. The molecular formula is C32H47N3O4. The van der Waals surface area contributed by atoms with Gasteiger partial charge in [-0.2, -0.15) is 0 Å². The lowest BCUT2D eigenvalue weighted by molar-refractivity contribution is -0.141. The maximum atomic E-state index is 14.2. The number of nitrogens with one attached hydrogen (secondary N) is 2. The average molecular weight is 538 g/mol. The van der Waals surface area contributed by atoms with E-state index in [1.54, 1.807) is 25.7 Å². The molecule has 0 fully saturated rings. The summed E-state index contributed by atoms with van der Waals surface area (Å²) in [6.45, 7) is 17.5. The Kier molecular flexibility index (Phi) is 11.6. The zero-order valence-corrected chi connectivity index (χ0v) is 25.2. The van der Waals surface area contributed by atoms with Gasteiger partial charge in [-0.1, -0.05) is 70.0 Å². The zero-order chi connectivity index (χ0) is 29.3. The summed E-state index contributed by atoms with van der Waals surface area (Å²) in [7, 11) is 0. The van der Waals surface area contributed by atoms with Crippen LogP contribution in [0.4, 0.5) is 10.5 Å². The van der Waals surface area contributed by atoms with Crippen molar-refractivity contribution in [2.75, 3.05) is 11.9 Å². The quantitative estimate of drug-likeness (QED) is 0.307. The first-order valence-electron chi connectivity index (χ1n) is 14.0. The number of amides is 3. The summed E-state index contributed by atoms with van der Waals surface area (Å²) in [5.74, 6) is -0.828. The van der Waals surface area contributed by atoms with Gasteiger partial charge in [0.05, 0.1) is 0 Å². The number of unbranched alkanes of at least 4 members (excludes halogenated alkanes) is 2. The number of ether oxygens (including phenoxy) is 1. The number of rotatable bonds is 11. The number of hydrogen-bond donors (Lipinski definition) is 2. The number of aryl methyl sites for hydroxylation is 3. The molecule has 0 aromatic heterocycles. The molecule has 39 heavy (non-hydrogen) atoms. The maximum absolute atomic E-state index is 14.2. The van der Waals surface area contributed by atoms with E-state index in [2.05, 4.69) is 17.6 Å². The van der Waals surface area contributed by atoms with Crippen molar-refractivity contribution in [1.82, 2.24) is 10.2 Å². The van der Waals surface area contributed by atoms with Crippen molar-refractivity contribution in [3.05, 3.63) is 64.7 Å². The minimum atomic E-state index is -0.880. The van der Waals surface area contributed by atoms with Crippen LogP contribution in [0, 0.1) is 26.7 Å². The lowest BCUT2D eigenvalue weighted by Crippen LogP contribution is -2.54. The third-order valence-corrected chi connectivity index (χ3v) is 6.70. The fourth-order valence-electron chi connectivity index (χ4n) is 4.35. The summed E-state index contributed by atoms with van der Waals surface area (Å²) in [6.07, 6.45) is 1.96. The lowest BCUT2D eigenvalue weighted by Gasteiger charge is -2.36. The van der Waals surface area contributed by atoms with Crippen molar-refractivity contribution >= 4 is 23.6 Å². The SMILES string of the molecule is CCCCCN(C(=O)C(NC(=O)OC(C)(C)C)C(C)C)C(C(=O)Nc1ccccc1C)c1ccc(C)c(C)c1. The maximum Gasteiger partial charge on any atom is 0.408 e. The first-order chi connectivity index (χ1) is 18.2. The van der Waals surface area contributed by atoms with Crippen LogP contribution >= 0.6 is 0 Å². The molecule has 2 N–H and O–H groups in total. The predicted molar refractivity (Wildman–Crippen MR) is 158 cm³/mol. The number of alkyl carbamates (subject to hydrolysis) is 1. The fraction of sp³-hybridized carbons (Fsp3) is 0.531. The summed E-state index contributed by atoms with van der Waals surface area (Å²) >= 11 is 0. The molecule has 2 aromatic carbocycles. The van der Waals surface area contributed by atoms with Crippen molar-refractivity contribution in [3.8, 4) is 0 Å². The van der Waals surface area contributed by atoms with E-state index in [9.17, 15) is 14.4 Å². The van der Waals surface area contributed by atoms with Gasteiger partial charge in [0.15, 0.2) is 0 Å². The highest BCUT2D eigenvalue weighted by Gasteiger charge is 2.37. The number of carbonyl (C=O) groups is 3. The summed E-state index contributed by atoms with van der Waals surface area (Å²) < 4.78 is 5.46. The Labute approximate surface area is 234 Å². The van der Waals surface area contributed by atoms with Crippen LogP contribution in [0.5, 0.6) is 0 Å². The van der Waals surface area contributed by atoms with Crippen molar-refractivity contribution in [1.29, 1.82) is 0 Å². The van der Waals surface area contributed by atoms with Gasteiger partial charge in [-0.15, -0.1) is 0 Å². The number of para-hydroxylation sites is 1. The minimum Gasteiger partial charge on any atom is -0.444 e. The second kappa shape index (κ2) is 14.2. The third kappa shape index (κ3) is 9.41. The number of carbonyl (C=O) groups excluding carboxylic acids is 3. The van der Waals surface area contributed by atoms with E-state index in [0.29, 0.717) is 12.2 Å². The molecule has 2 rings (SSSR count). The van der Waals surface area contributed by atoms with Crippen molar-refractivity contribution in [2.24, 2.45) is 5.92 Å². The molecule has 0 saturated heterocycles. The molecule has 214 valence electrons. The average Bonchev–Trinajstić information content (AvgIpc) is 2.84. The third-order valence-electron chi connectivity index (χ3n) is 6.70. The van der Waals surface area contributed by atoms with Gasteiger partial charge in [-0.3, -0.25) is 9.59 Å². The molecule has 0 aliphatic rings. The molecular weight excluding hydrogens is 490 g/mol. The van der Waals surface area contributed by atoms with E-state index in [4.69, 9.17) is 4.74 Å². The Morgan fingerprint density at radius 3 is 2.15 bits per heavy atom. The van der Waals surface area contributed by atoms with E-state index in [1.165, 1.54) is 0 Å². The van der Waals surface area contributed by atoms with Crippen LogP contribution in [-0.4, -0.2) is 41.0 Å². The zero-order valence-electron chi connectivity index (χ0n) is 25.2. The van der Waals surface area contributed by atoms with Crippen molar-refractivity contribution in [3.63, 3.8) is 0 Å². The van der Waals surface area contributed by atoms with Crippen molar-refractivity contribution in [2.45, 2.75) is 99.3 Å². The molecule has 2 aromatic rings. The minimum absolute atomic E-state index is 0.224. The van der Waals surface area contributed by atoms with E-state index in [1.807, 2.05) is 77.1 Å². The molecule has 2 atom stereocenters. The fourth-order valence-corrected chi connectivity index (χ4v) is 4.35. The van der Waals surface area contributed by atoms with Gasteiger partial charge in [0, 0.05) is 12.2 Å². The smallest absolute Gasteiger partial charge is 0.408 e. The molecule has 0 heterocycles. The standard InChI is InChI=1S/C32H47N3O4/c1-10-11-14-19-35(30(37)27(21(2)3)34-31(38)39-32(7,8)9)28(25-18-17-22(4)24(6)20-25)29(36)33-26-16-13-12-15-23(26)5/h12-13,15-18,20-21,27-28H,10-11,14,19H2,1-9H3,(H,33,36)(H,34,38). The van der Waals surface area contributed by atoms with Gasteiger partial charge in [0.1, 0.15) is 17.7 Å². The Bertz CT molecular complexity index is 1140. The Balaban J connectivity index is 2.57. The Morgan fingerprint density at radius 1 is 0.923 bits per heavy atom. The monoisotopic (exact) mass is 537 g/mol. The summed E-state index contributed by atoms with van der Waals surface area (Å²) in [6, 6.07) is 11.7. The summed E-state index contributed by atoms with van der Waals surface area (Å²) in [5, 5.41) is 5.85.